The number of aromatic nitrogens is 3. The predicted octanol–water partition coefficient (Wildman–Crippen LogP) is 0.544. The second kappa shape index (κ2) is 6.90. The number of nitrogens with one attached hydrogen (secondary N) is 1. The van der Waals surface area contributed by atoms with E-state index < -0.39 is 24.5 Å². The van der Waals surface area contributed by atoms with Crippen molar-refractivity contribution in [1.29, 1.82) is 0 Å². The minimum Gasteiger partial charge on any atom is -0.451 e. The summed E-state index contributed by atoms with van der Waals surface area (Å²) in [6.07, 6.45) is 0. The quantitative estimate of drug-likeness (QED) is 0.787. The number of hydrogen-bond donors (Lipinski definition) is 2. The van der Waals surface area contributed by atoms with Gasteiger partial charge in [0.05, 0.1) is 11.4 Å². The molecular formula is C15H17N5O4. The van der Waals surface area contributed by atoms with Crippen molar-refractivity contribution >= 4 is 17.9 Å². The van der Waals surface area contributed by atoms with Crippen LogP contribution >= 0.6 is 0 Å². The highest BCUT2D eigenvalue weighted by molar-refractivity contribution is 5.96. The number of nitrogens with two attached hydrogens (primary N) is 1. The number of primary amides is 1. The highest BCUT2D eigenvalue weighted by atomic mass is 16.5. The van der Waals surface area contributed by atoms with Gasteiger partial charge in [0.15, 0.2) is 12.3 Å². The number of benzene rings is 1. The van der Waals surface area contributed by atoms with Gasteiger partial charge in [-0.15, -0.1) is 5.10 Å². The summed E-state index contributed by atoms with van der Waals surface area (Å²) in [6, 6.07) is 4.71. The topological polar surface area (TPSA) is 129 Å². The summed E-state index contributed by atoms with van der Waals surface area (Å²) < 4.78 is 4.80. The van der Waals surface area contributed by atoms with E-state index in [4.69, 9.17) is 10.5 Å². The second-order valence-electron chi connectivity index (χ2n) is 5.20. The number of nitrogens with zero attached hydrogens (tertiary/aromatic N) is 3. The fraction of sp³-hybridized carbons (Fsp3) is 0.267. The maximum atomic E-state index is 12.0. The summed E-state index contributed by atoms with van der Waals surface area (Å²) in [5.41, 5.74) is 7.91. The molecule has 0 saturated heterocycles. The third kappa shape index (κ3) is 3.94. The van der Waals surface area contributed by atoms with Crippen molar-refractivity contribution in [2.45, 2.75) is 20.8 Å². The zero-order chi connectivity index (χ0) is 17.9. The Labute approximate surface area is 137 Å². The Morgan fingerprint density at radius 2 is 1.92 bits per heavy atom. The van der Waals surface area contributed by atoms with E-state index in [0.29, 0.717) is 5.69 Å². The minimum absolute atomic E-state index is 0.0122. The fourth-order valence-corrected chi connectivity index (χ4v) is 2.08. The van der Waals surface area contributed by atoms with Gasteiger partial charge in [0.1, 0.15) is 0 Å². The summed E-state index contributed by atoms with van der Waals surface area (Å²) in [5, 5.41) is 10.1. The lowest BCUT2D eigenvalue weighted by Crippen LogP contribution is -2.37. The first-order valence-electron chi connectivity index (χ1n) is 7.06. The first-order valence-corrected chi connectivity index (χ1v) is 7.06. The molecule has 0 fully saturated rings. The predicted molar refractivity (Wildman–Crippen MR) is 83.6 cm³/mol. The molecule has 24 heavy (non-hydrogen) atoms. The van der Waals surface area contributed by atoms with Gasteiger partial charge in [0, 0.05) is 0 Å². The average molecular weight is 331 g/mol. The Kier molecular flexibility index (Phi) is 4.93. The Bertz CT molecular complexity index is 812. The number of urea groups is 1. The summed E-state index contributed by atoms with van der Waals surface area (Å²) in [7, 11) is 0. The highest BCUT2D eigenvalue weighted by Gasteiger charge is 2.19. The van der Waals surface area contributed by atoms with Crippen LogP contribution in [0.4, 0.5) is 4.79 Å². The molecule has 0 atom stereocenters. The zero-order valence-corrected chi connectivity index (χ0v) is 13.5. The van der Waals surface area contributed by atoms with Crippen LogP contribution in [-0.2, 0) is 9.53 Å². The normalized spacial score (nSPS) is 10.3. The number of aryl methyl sites for hydroxylation is 3. The van der Waals surface area contributed by atoms with Crippen LogP contribution in [0.5, 0.6) is 0 Å². The molecule has 0 aliphatic rings. The summed E-state index contributed by atoms with van der Waals surface area (Å²) in [6.45, 7) is 4.84. The van der Waals surface area contributed by atoms with E-state index in [1.54, 1.807) is 12.2 Å². The third-order valence-corrected chi connectivity index (χ3v) is 3.14. The Morgan fingerprint density at radius 1 is 1.21 bits per heavy atom. The Morgan fingerprint density at radius 3 is 2.54 bits per heavy atom. The molecular weight excluding hydrogens is 314 g/mol. The van der Waals surface area contributed by atoms with Gasteiger partial charge in [-0.3, -0.25) is 10.1 Å². The Hall–Kier alpha value is -3.23. The number of ether oxygens (including phenoxy) is 1. The monoisotopic (exact) mass is 331 g/mol. The fourth-order valence-electron chi connectivity index (χ4n) is 2.08. The van der Waals surface area contributed by atoms with Crippen LogP contribution in [0.25, 0.3) is 5.69 Å². The van der Waals surface area contributed by atoms with E-state index in [1.165, 1.54) is 4.80 Å². The molecule has 1 heterocycles. The van der Waals surface area contributed by atoms with Crippen molar-refractivity contribution in [3.8, 4) is 5.69 Å². The van der Waals surface area contributed by atoms with E-state index in [1.807, 2.05) is 32.0 Å². The summed E-state index contributed by atoms with van der Waals surface area (Å²) in [4.78, 5) is 35.1. The Balaban J connectivity index is 2.15. The molecule has 0 aliphatic carbocycles. The molecule has 3 amide bonds. The SMILES string of the molecule is Cc1ccc(-n2nc(C)c(C(=O)OCC(=O)NC(N)=O)n2)c(C)c1. The molecule has 126 valence electrons. The van der Waals surface area contributed by atoms with Crippen LogP contribution in [0.3, 0.4) is 0 Å². The van der Waals surface area contributed by atoms with Gasteiger partial charge >= 0.3 is 12.0 Å². The molecule has 3 N–H and O–H groups in total. The van der Waals surface area contributed by atoms with Crippen LogP contribution in [-0.4, -0.2) is 39.5 Å². The lowest BCUT2D eigenvalue weighted by molar-refractivity contribution is -0.123. The first kappa shape index (κ1) is 17.1. The molecule has 1 aromatic heterocycles. The van der Waals surface area contributed by atoms with E-state index >= 15 is 0 Å². The summed E-state index contributed by atoms with van der Waals surface area (Å²) in [5.74, 6) is -1.64. The third-order valence-electron chi connectivity index (χ3n) is 3.14. The van der Waals surface area contributed by atoms with Crippen LogP contribution < -0.4 is 11.1 Å². The van der Waals surface area contributed by atoms with Gasteiger partial charge in [-0.25, -0.2) is 9.59 Å². The second-order valence-corrected chi connectivity index (χ2v) is 5.20. The molecule has 0 radical (unpaired) electrons. The van der Waals surface area contributed by atoms with E-state index in [2.05, 4.69) is 10.2 Å². The molecule has 9 heteroatoms. The van der Waals surface area contributed by atoms with E-state index in [9.17, 15) is 14.4 Å². The maximum Gasteiger partial charge on any atom is 0.361 e. The van der Waals surface area contributed by atoms with Crippen molar-refractivity contribution in [3.63, 3.8) is 0 Å². The van der Waals surface area contributed by atoms with E-state index in [-0.39, 0.29) is 5.69 Å². The first-order chi connectivity index (χ1) is 11.3. The number of carbonyl (C=O) groups is 3. The maximum absolute atomic E-state index is 12.0. The molecule has 2 rings (SSSR count). The van der Waals surface area contributed by atoms with Gasteiger partial charge < -0.3 is 10.5 Å². The van der Waals surface area contributed by atoms with Gasteiger partial charge in [0.2, 0.25) is 0 Å². The number of carbonyl (C=O) groups excluding carboxylic acids is 3. The van der Waals surface area contributed by atoms with Gasteiger partial charge in [-0.2, -0.15) is 9.90 Å². The molecule has 1 aromatic carbocycles. The smallest absolute Gasteiger partial charge is 0.361 e. The molecule has 0 bridgehead atoms. The number of amides is 3. The minimum atomic E-state index is -1.02. The van der Waals surface area contributed by atoms with Crippen LogP contribution in [0.1, 0.15) is 27.3 Å². The van der Waals surface area contributed by atoms with Gasteiger partial charge in [-0.05, 0) is 32.4 Å². The van der Waals surface area contributed by atoms with Crippen molar-refractivity contribution in [2.24, 2.45) is 5.73 Å². The molecule has 0 unspecified atom stereocenters. The van der Waals surface area contributed by atoms with Crippen LogP contribution in [0, 0.1) is 20.8 Å². The number of hydrogen-bond acceptors (Lipinski definition) is 6. The average Bonchev–Trinajstić information content (AvgIpc) is 2.85. The number of rotatable bonds is 4. The summed E-state index contributed by atoms with van der Waals surface area (Å²) >= 11 is 0. The largest absolute Gasteiger partial charge is 0.451 e. The van der Waals surface area contributed by atoms with Crippen molar-refractivity contribution < 1.29 is 19.1 Å². The van der Waals surface area contributed by atoms with Gasteiger partial charge in [0.25, 0.3) is 5.91 Å². The number of imide groups is 1. The lowest BCUT2D eigenvalue weighted by Gasteiger charge is -2.05. The molecule has 0 saturated carbocycles. The number of esters is 1. The molecule has 2 aromatic rings. The zero-order valence-electron chi connectivity index (χ0n) is 13.5. The lowest BCUT2D eigenvalue weighted by atomic mass is 10.1. The van der Waals surface area contributed by atoms with Crippen LogP contribution in [0.2, 0.25) is 0 Å². The van der Waals surface area contributed by atoms with Gasteiger partial charge in [-0.1, -0.05) is 17.7 Å². The molecule has 0 aliphatic heterocycles. The highest BCUT2D eigenvalue weighted by Crippen LogP contribution is 2.15. The van der Waals surface area contributed by atoms with Crippen molar-refractivity contribution in [2.75, 3.05) is 6.61 Å². The standard InChI is InChI=1S/C15H17N5O4/c1-8-4-5-11(9(2)6-8)20-18-10(3)13(19-20)14(22)24-7-12(21)17-15(16)23/h4-6H,7H2,1-3H3,(H3,16,17,21,23). The molecule has 9 nitrogen and oxygen atoms in total. The van der Waals surface area contributed by atoms with E-state index in [0.717, 1.165) is 16.8 Å². The molecule has 0 spiro atoms. The van der Waals surface area contributed by atoms with Crippen LogP contribution in [0.15, 0.2) is 18.2 Å². The van der Waals surface area contributed by atoms with Crippen molar-refractivity contribution in [1.82, 2.24) is 20.3 Å². The van der Waals surface area contributed by atoms with Crippen molar-refractivity contribution in [3.05, 3.63) is 40.7 Å².